The normalized spacial score (nSPS) is 31.7. The average Bonchev–Trinajstić information content (AvgIpc) is 3.63. The van der Waals surface area contributed by atoms with Crippen molar-refractivity contribution >= 4 is 28.9 Å². The predicted molar refractivity (Wildman–Crippen MR) is 177 cm³/mol. The minimum Gasteiger partial charge on any atom is -0.481 e. The second-order valence-corrected chi connectivity index (χ2v) is 16.3. The number of nitrogens with zero attached hydrogens (tertiary/aromatic N) is 7. The van der Waals surface area contributed by atoms with Gasteiger partial charge in [0.25, 0.3) is 0 Å². The van der Waals surface area contributed by atoms with E-state index in [4.69, 9.17) is 19.7 Å². The van der Waals surface area contributed by atoms with Crippen LogP contribution >= 0.6 is 0 Å². The fourth-order valence-corrected chi connectivity index (χ4v) is 9.69. The SMILES string of the molecule is COc1cc(-n2nc3c(=O)c(N4CCN(C(=O)OC(C)(C)C)[C@H]5CC[C@@H]54)c4n(c3n2)[C@H](C(=O)NC23CC(C5CC5)(C2)C3)C[C@H]4C)ccn1. The highest BCUT2D eigenvalue weighted by atomic mass is 16.6. The van der Waals surface area contributed by atoms with Crippen molar-refractivity contribution in [1.29, 1.82) is 0 Å². The van der Waals surface area contributed by atoms with Crippen molar-refractivity contribution in [3.05, 3.63) is 34.2 Å². The molecule has 48 heavy (non-hydrogen) atoms. The zero-order valence-electron chi connectivity index (χ0n) is 28.4. The summed E-state index contributed by atoms with van der Waals surface area (Å²) in [5, 5.41) is 13.1. The summed E-state index contributed by atoms with van der Waals surface area (Å²) >= 11 is 0. The van der Waals surface area contributed by atoms with E-state index in [9.17, 15) is 14.4 Å². The summed E-state index contributed by atoms with van der Waals surface area (Å²) in [5.41, 5.74) is 2.23. The second-order valence-electron chi connectivity index (χ2n) is 16.3. The number of amides is 2. The summed E-state index contributed by atoms with van der Waals surface area (Å²) in [5.74, 6) is 1.19. The maximum absolute atomic E-state index is 14.6. The Balaban J connectivity index is 1.12. The van der Waals surface area contributed by atoms with E-state index in [0.29, 0.717) is 47.8 Å². The number of methoxy groups -OCH3 is 1. The Morgan fingerprint density at radius 3 is 2.46 bits per heavy atom. The van der Waals surface area contributed by atoms with Crippen LogP contribution in [0.2, 0.25) is 0 Å². The van der Waals surface area contributed by atoms with Gasteiger partial charge in [-0.15, -0.1) is 15.0 Å². The molecule has 6 fully saturated rings. The monoisotopic (exact) mass is 656 g/mol. The summed E-state index contributed by atoms with van der Waals surface area (Å²) in [4.78, 5) is 51.7. The summed E-state index contributed by atoms with van der Waals surface area (Å²) in [6, 6.07) is 2.89. The van der Waals surface area contributed by atoms with Crippen LogP contribution in [0, 0.1) is 11.3 Å². The van der Waals surface area contributed by atoms with Gasteiger partial charge in [-0.1, -0.05) is 6.92 Å². The predicted octanol–water partition coefficient (Wildman–Crippen LogP) is 4.07. The topological polar surface area (TPSA) is 137 Å². The minimum atomic E-state index is -0.592. The fraction of sp³-hybridized carbons (Fsp3) is 0.657. The number of ether oxygens (including phenoxy) is 2. The van der Waals surface area contributed by atoms with E-state index >= 15 is 0 Å². The third kappa shape index (κ3) is 4.34. The van der Waals surface area contributed by atoms with Gasteiger partial charge in [0.1, 0.15) is 17.3 Å². The highest BCUT2D eigenvalue weighted by Gasteiger charge is 2.72. The van der Waals surface area contributed by atoms with E-state index in [-0.39, 0.29) is 46.5 Å². The molecule has 0 aromatic carbocycles. The van der Waals surface area contributed by atoms with Gasteiger partial charge in [-0.25, -0.2) is 9.78 Å². The van der Waals surface area contributed by atoms with Crippen LogP contribution in [-0.4, -0.2) is 84.9 Å². The lowest BCUT2D eigenvalue weighted by Gasteiger charge is -2.71. The minimum absolute atomic E-state index is 0.00279. The molecule has 7 aliphatic rings. The molecule has 3 aromatic heterocycles. The lowest BCUT2D eigenvalue weighted by molar-refractivity contribution is -0.177. The molecule has 2 amide bonds. The largest absolute Gasteiger partial charge is 0.481 e. The highest BCUT2D eigenvalue weighted by molar-refractivity contribution is 5.87. The number of anilines is 1. The van der Waals surface area contributed by atoms with Gasteiger partial charge in [-0.05, 0) is 89.5 Å². The van der Waals surface area contributed by atoms with E-state index in [0.717, 1.165) is 43.7 Å². The fourth-order valence-electron chi connectivity index (χ4n) is 9.69. The molecule has 4 atom stereocenters. The van der Waals surface area contributed by atoms with Crippen LogP contribution in [0.1, 0.15) is 96.7 Å². The third-order valence-electron chi connectivity index (χ3n) is 12.0. The Labute approximate surface area is 278 Å². The van der Waals surface area contributed by atoms with Crippen molar-refractivity contribution in [2.75, 3.05) is 25.1 Å². The first-order chi connectivity index (χ1) is 22.9. The Morgan fingerprint density at radius 1 is 1.04 bits per heavy atom. The van der Waals surface area contributed by atoms with Crippen molar-refractivity contribution < 1.29 is 19.1 Å². The van der Waals surface area contributed by atoms with Crippen molar-refractivity contribution in [2.24, 2.45) is 11.3 Å². The van der Waals surface area contributed by atoms with Crippen LogP contribution < -0.4 is 20.4 Å². The smallest absolute Gasteiger partial charge is 0.410 e. The van der Waals surface area contributed by atoms with Crippen molar-refractivity contribution in [3.8, 4) is 11.6 Å². The van der Waals surface area contributed by atoms with E-state index in [1.165, 1.54) is 17.6 Å². The Bertz CT molecular complexity index is 1900. The molecule has 10 rings (SSSR count). The van der Waals surface area contributed by atoms with Gasteiger partial charge < -0.3 is 29.2 Å². The number of carbonyl (C=O) groups is 2. The molecular weight excluding hydrogens is 612 g/mol. The van der Waals surface area contributed by atoms with Crippen LogP contribution in [0.15, 0.2) is 23.1 Å². The first-order valence-electron chi connectivity index (χ1n) is 17.5. The molecule has 0 unspecified atom stereocenters. The molecule has 1 saturated heterocycles. The molecular formula is C35H44N8O5. The zero-order chi connectivity index (χ0) is 33.3. The molecule has 13 heteroatoms. The molecule has 5 saturated carbocycles. The van der Waals surface area contributed by atoms with Crippen LogP contribution in [0.4, 0.5) is 10.5 Å². The number of carbonyl (C=O) groups excluding carboxylic acids is 2. The van der Waals surface area contributed by atoms with E-state index < -0.39 is 11.6 Å². The zero-order valence-corrected chi connectivity index (χ0v) is 28.4. The lowest BCUT2D eigenvalue weighted by Crippen LogP contribution is -2.75. The average molecular weight is 657 g/mol. The Morgan fingerprint density at radius 2 is 1.79 bits per heavy atom. The standard InChI is InChI=1S/C35H44N8O5/c1-19-14-24(31(45)37-35-16-34(17-35,18-35)20-6-7-20)42-27(19)28(40-12-13-41(23-9-8-22(23)40)32(46)48-33(2,3)4)29(44)26-30(42)39-43(38-26)21-10-11-36-25(15-21)47-5/h10-11,15,19-20,22-24H,6-9,12-14,16-18H2,1-5H3,(H,37,45)/t19-,22+,23+,24+,34?,35?/m1/s1. The van der Waals surface area contributed by atoms with Gasteiger partial charge in [0.15, 0.2) is 11.2 Å². The maximum atomic E-state index is 14.6. The molecule has 0 radical (unpaired) electrons. The van der Waals surface area contributed by atoms with Gasteiger partial charge in [-0.3, -0.25) is 9.59 Å². The lowest BCUT2D eigenvalue weighted by atomic mass is 9.37. The molecule has 13 nitrogen and oxygen atoms in total. The molecule has 3 aromatic rings. The molecule has 0 spiro atoms. The molecule has 5 aliphatic carbocycles. The summed E-state index contributed by atoms with van der Waals surface area (Å²) in [6.07, 6.45) is 9.49. The first-order valence-corrected chi connectivity index (χ1v) is 17.5. The number of pyridine rings is 2. The summed E-state index contributed by atoms with van der Waals surface area (Å²) in [6.45, 7) is 8.66. The maximum Gasteiger partial charge on any atom is 0.410 e. The number of hydrogen-bond donors (Lipinski definition) is 1. The number of hydrogen-bond acceptors (Lipinski definition) is 9. The van der Waals surface area contributed by atoms with E-state index in [1.54, 1.807) is 25.4 Å². The van der Waals surface area contributed by atoms with Crippen molar-refractivity contribution in [2.45, 2.75) is 114 Å². The van der Waals surface area contributed by atoms with Gasteiger partial charge in [0.05, 0.1) is 24.5 Å². The van der Waals surface area contributed by atoms with Crippen LogP contribution in [0.5, 0.6) is 5.88 Å². The Kier molecular flexibility index (Phi) is 6.20. The molecule has 1 N–H and O–H groups in total. The molecule has 254 valence electrons. The van der Waals surface area contributed by atoms with Crippen molar-refractivity contribution in [3.63, 3.8) is 0 Å². The number of aromatic nitrogens is 5. The van der Waals surface area contributed by atoms with E-state index in [1.807, 2.05) is 30.2 Å². The van der Waals surface area contributed by atoms with Crippen LogP contribution in [-0.2, 0) is 9.53 Å². The summed E-state index contributed by atoms with van der Waals surface area (Å²) < 4.78 is 13.1. The molecule has 2 bridgehead atoms. The van der Waals surface area contributed by atoms with Crippen LogP contribution in [0.25, 0.3) is 16.9 Å². The second kappa shape index (κ2) is 9.94. The summed E-state index contributed by atoms with van der Waals surface area (Å²) in [7, 11) is 1.54. The number of nitrogens with one attached hydrogen (secondary N) is 1. The number of rotatable bonds is 6. The molecule has 5 heterocycles. The van der Waals surface area contributed by atoms with Gasteiger partial charge in [-0.2, -0.15) is 0 Å². The van der Waals surface area contributed by atoms with Gasteiger partial charge >= 0.3 is 6.09 Å². The number of fused-ring (bicyclic) bond motifs is 4. The number of piperazine rings is 1. The molecule has 2 aliphatic heterocycles. The first kappa shape index (κ1) is 29.9. The van der Waals surface area contributed by atoms with Gasteiger partial charge in [0, 0.05) is 42.9 Å². The van der Waals surface area contributed by atoms with Gasteiger partial charge in [0.2, 0.25) is 17.2 Å². The third-order valence-corrected chi connectivity index (χ3v) is 12.0. The highest BCUT2D eigenvalue weighted by Crippen LogP contribution is 2.75. The van der Waals surface area contributed by atoms with Crippen LogP contribution in [0.3, 0.4) is 0 Å². The van der Waals surface area contributed by atoms with Crippen molar-refractivity contribution in [1.82, 2.24) is 34.8 Å². The Hall–Kier alpha value is -4.16. The van der Waals surface area contributed by atoms with E-state index in [2.05, 4.69) is 22.1 Å². The quantitative estimate of drug-likeness (QED) is 0.416.